The Hall–Kier alpha value is -1.07. The smallest absolute Gasteiger partial charge is 0.320 e. The summed E-state index contributed by atoms with van der Waals surface area (Å²) in [5.74, 6) is 0. The monoisotopic (exact) mass is 293 g/mol. The predicted molar refractivity (Wildman–Crippen MR) is 82.2 cm³/mol. The molecule has 5 heteroatoms. The standard InChI is InChI=1S/C15H23N3OS/c1-16-10-11-18(15(16)19)13-4-7-17(8-5-13)9-6-14-3-2-12-20-14/h2-3,12-13H,4-11H2,1H3. The molecule has 1 aromatic heterocycles. The summed E-state index contributed by atoms with van der Waals surface area (Å²) in [6.45, 7) is 5.21. The molecule has 0 aromatic carbocycles. The molecule has 4 nitrogen and oxygen atoms in total. The molecule has 3 rings (SSSR count). The molecular weight excluding hydrogens is 270 g/mol. The lowest BCUT2D eigenvalue weighted by Gasteiger charge is -2.36. The fourth-order valence-electron chi connectivity index (χ4n) is 3.18. The summed E-state index contributed by atoms with van der Waals surface area (Å²) in [6, 6.07) is 5.03. The third-order valence-corrected chi connectivity index (χ3v) is 5.44. The van der Waals surface area contributed by atoms with Crippen LogP contribution >= 0.6 is 11.3 Å². The maximum atomic E-state index is 12.0. The fraction of sp³-hybridized carbons (Fsp3) is 0.667. The summed E-state index contributed by atoms with van der Waals surface area (Å²) in [6.07, 6.45) is 3.42. The summed E-state index contributed by atoms with van der Waals surface area (Å²) < 4.78 is 0. The van der Waals surface area contributed by atoms with Gasteiger partial charge in [-0.25, -0.2) is 4.79 Å². The van der Waals surface area contributed by atoms with Gasteiger partial charge in [0.2, 0.25) is 0 Å². The molecule has 0 atom stereocenters. The molecule has 2 aliphatic rings. The number of urea groups is 1. The highest BCUT2D eigenvalue weighted by Crippen LogP contribution is 2.21. The van der Waals surface area contributed by atoms with Gasteiger partial charge in [0.1, 0.15) is 0 Å². The van der Waals surface area contributed by atoms with Crippen molar-refractivity contribution in [1.29, 1.82) is 0 Å². The summed E-state index contributed by atoms with van der Waals surface area (Å²) in [4.78, 5) is 19.9. The van der Waals surface area contributed by atoms with Crippen molar-refractivity contribution in [3.05, 3.63) is 22.4 Å². The number of likely N-dealkylation sites (tertiary alicyclic amines) is 1. The summed E-state index contributed by atoms with van der Waals surface area (Å²) >= 11 is 1.85. The maximum Gasteiger partial charge on any atom is 0.320 e. The van der Waals surface area contributed by atoms with Crippen molar-refractivity contribution in [3.8, 4) is 0 Å². The van der Waals surface area contributed by atoms with Crippen LogP contribution in [0.5, 0.6) is 0 Å². The predicted octanol–water partition coefficient (Wildman–Crippen LogP) is 2.12. The van der Waals surface area contributed by atoms with Gasteiger partial charge in [0, 0.05) is 50.7 Å². The first-order chi connectivity index (χ1) is 9.74. The van der Waals surface area contributed by atoms with Gasteiger partial charge in [-0.15, -0.1) is 11.3 Å². The minimum Gasteiger partial charge on any atom is -0.326 e. The molecule has 0 N–H and O–H groups in total. The van der Waals surface area contributed by atoms with Crippen molar-refractivity contribution in [1.82, 2.24) is 14.7 Å². The van der Waals surface area contributed by atoms with E-state index < -0.39 is 0 Å². The SMILES string of the molecule is CN1CCN(C2CCN(CCc3cccs3)CC2)C1=O. The van der Waals surface area contributed by atoms with E-state index in [9.17, 15) is 4.79 Å². The molecule has 0 unspecified atom stereocenters. The van der Waals surface area contributed by atoms with Gasteiger partial charge in [0.25, 0.3) is 0 Å². The number of hydrogen-bond donors (Lipinski definition) is 0. The second kappa shape index (κ2) is 6.14. The van der Waals surface area contributed by atoms with Crippen LogP contribution in [0.3, 0.4) is 0 Å². The van der Waals surface area contributed by atoms with E-state index >= 15 is 0 Å². The first kappa shape index (κ1) is 13.9. The van der Waals surface area contributed by atoms with Crippen LogP contribution in [0, 0.1) is 0 Å². The molecule has 110 valence electrons. The molecule has 2 saturated heterocycles. The van der Waals surface area contributed by atoms with Gasteiger partial charge >= 0.3 is 6.03 Å². The Morgan fingerprint density at radius 1 is 1.25 bits per heavy atom. The topological polar surface area (TPSA) is 26.8 Å². The van der Waals surface area contributed by atoms with E-state index in [-0.39, 0.29) is 6.03 Å². The molecule has 0 aliphatic carbocycles. The quantitative estimate of drug-likeness (QED) is 0.850. The largest absolute Gasteiger partial charge is 0.326 e. The molecular formula is C15H23N3OS. The highest BCUT2D eigenvalue weighted by atomic mass is 32.1. The summed E-state index contributed by atoms with van der Waals surface area (Å²) in [7, 11) is 1.90. The second-order valence-electron chi connectivity index (χ2n) is 5.80. The molecule has 20 heavy (non-hydrogen) atoms. The number of thiophene rings is 1. The molecule has 0 radical (unpaired) electrons. The van der Waals surface area contributed by atoms with Crippen molar-refractivity contribution in [3.63, 3.8) is 0 Å². The highest BCUT2D eigenvalue weighted by molar-refractivity contribution is 7.09. The van der Waals surface area contributed by atoms with Gasteiger partial charge in [-0.2, -0.15) is 0 Å². The van der Waals surface area contributed by atoms with Gasteiger partial charge in [-0.3, -0.25) is 0 Å². The van der Waals surface area contributed by atoms with E-state index in [0.717, 1.165) is 52.0 Å². The first-order valence-corrected chi connectivity index (χ1v) is 8.38. The number of nitrogens with zero attached hydrogens (tertiary/aromatic N) is 3. The van der Waals surface area contributed by atoms with Crippen LogP contribution in [-0.4, -0.2) is 66.5 Å². The van der Waals surface area contributed by atoms with Crippen LogP contribution in [0.4, 0.5) is 4.79 Å². The summed E-state index contributed by atoms with van der Waals surface area (Å²) in [5, 5.41) is 2.15. The minimum absolute atomic E-state index is 0.224. The first-order valence-electron chi connectivity index (χ1n) is 7.50. The number of likely N-dealkylation sites (N-methyl/N-ethyl adjacent to an activating group) is 1. The van der Waals surface area contributed by atoms with Crippen molar-refractivity contribution in [2.24, 2.45) is 0 Å². The van der Waals surface area contributed by atoms with E-state index in [1.165, 1.54) is 4.88 Å². The molecule has 0 bridgehead atoms. The molecule has 1 aromatic rings. The number of amides is 2. The number of rotatable bonds is 4. The lowest BCUT2D eigenvalue weighted by molar-refractivity contribution is 0.132. The van der Waals surface area contributed by atoms with Crippen LogP contribution in [-0.2, 0) is 6.42 Å². The Bertz CT molecular complexity index is 440. The van der Waals surface area contributed by atoms with Crippen LogP contribution < -0.4 is 0 Å². The Balaban J connectivity index is 1.44. The zero-order valence-electron chi connectivity index (χ0n) is 12.1. The van der Waals surface area contributed by atoms with Gasteiger partial charge in [0.15, 0.2) is 0 Å². The minimum atomic E-state index is 0.224. The zero-order valence-corrected chi connectivity index (χ0v) is 12.9. The Labute approximate surface area is 125 Å². The molecule has 2 amide bonds. The van der Waals surface area contributed by atoms with Crippen LogP contribution in [0.15, 0.2) is 17.5 Å². The van der Waals surface area contributed by atoms with E-state index in [0.29, 0.717) is 6.04 Å². The van der Waals surface area contributed by atoms with Crippen molar-refractivity contribution < 1.29 is 4.79 Å². The Morgan fingerprint density at radius 2 is 2.05 bits per heavy atom. The molecule has 3 heterocycles. The third kappa shape index (κ3) is 2.99. The van der Waals surface area contributed by atoms with E-state index in [4.69, 9.17) is 0 Å². The van der Waals surface area contributed by atoms with Gasteiger partial charge in [-0.05, 0) is 30.7 Å². The van der Waals surface area contributed by atoms with Crippen molar-refractivity contribution in [2.45, 2.75) is 25.3 Å². The van der Waals surface area contributed by atoms with Crippen LogP contribution in [0.2, 0.25) is 0 Å². The van der Waals surface area contributed by atoms with Gasteiger partial charge in [-0.1, -0.05) is 6.07 Å². The van der Waals surface area contributed by atoms with Gasteiger partial charge in [0.05, 0.1) is 0 Å². The lowest BCUT2D eigenvalue weighted by atomic mass is 10.0. The summed E-state index contributed by atoms with van der Waals surface area (Å²) in [5.41, 5.74) is 0. The fourth-order valence-corrected chi connectivity index (χ4v) is 3.88. The second-order valence-corrected chi connectivity index (χ2v) is 6.83. The Kier molecular flexibility index (Phi) is 4.27. The number of carbonyl (C=O) groups is 1. The molecule has 0 spiro atoms. The third-order valence-electron chi connectivity index (χ3n) is 4.50. The average molecular weight is 293 g/mol. The molecule has 0 saturated carbocycles. The van der Waals surface area contributed by atoms with Crippen molar-refractivity contribution >= 4 is 17.4 Å². The van der Waals surface area contributed by atoms with Crippen LogP contribution in [0.1, 0.15) is 17.7 Å². The number of carbonyl (C=O) groups excluding carboxylic acids is 1. The lowest BCUT2D eigenvalue weighted by Crippen LogP contribution is -2.46. The highest BCUT2D eigenvalue weighted by Gasteiger charge is 2.33. The average Bonchev–Trinajstić information content (AvgIpc) is 3.09. The normalized spacial score (nSPS) is 21.9. The molecule has 2 fully saturated rings. The zero-order chi connectivity index (χ0) is 13.9. The Morgan fingerprint density at radius 3 is 2.65 bits per heavy atom. The van der Waals surface area contributed by atoms with Crippen molar-refractivity contribution in [2.75, 3.05) is 39.8 Å². The molecule has 2 aliphatic heterocycles. The van der Waals surface area contributed by atoms with E-state index in [2.05, 4.69) is 27.3 Å². The number of hydrogen-bond acceptors (Lipinski definition) is 3. The van der Waals surface area contributed by atoms with Gasteiger partial charge < -0.3 is 14.7 Å². The van der Waals surface area contributed by atoms with Crippen LogP contribution in [0.25, 0.3) is 0 Å². The van der Waals surface area contributed by atoms with E-state index in [1.807, 2.05) is 23.3 Å². The van der Waals surface area contributed by atoms with E-state index in [1.54, 1.807) is 0 Å². The number of piperidine rings is 1. The maximum absolute atomic E-state index is 12.0.